The van der Waals surface area contributed by atoms with Crippen molar-refractivity contribution in [3.05, 3.63) is 58.0 Å². The van der Waals surface area contributed by atoms with E-state index in [4.69, 9.17) is 5.73 Å². The van der Waals surface area contributed by atoms with E-state index in [9.17, 15) is 4.39 Å². The Hall–Kier alpha value is -1.23. The first-order valence-corrected chi connectivity index (χ1v) is 8.32. The van der Waals surface area contributed by atoms with Gasteiger partial charge in [-0.15, -0.1) is 11.3 Å². The number of thiophene rings is 1. The lowest BCUT2D eigenvalue weighted by Crippen LogP contribution is -2.47. The molecular formula is C17H21FN2S. The number of nitrogens with zero attached hydrogens (tertiary/aromatic N) is 1. The fraction of sp³-hybridized carbons (Fsp3) is 0.412. The molecule has 1 aromatic heterocycles. The predicted octanol–water partition coefficient (Wildman–Crippen LogP) is 3.28. The zero-order chi connectivity index (χ0) is 14.7. The van der Waals surface area contributed by atoms with E-state index in [2.05, 4.69) is 22.4 Å². The number of likely N-dealkylation sites (tertiary alicyclic amines) is 1. The highest BCUT2D eigenvalue weighted by Crippen LogP contribution is 2.23. The molecular weight excluding hydrogens is 283 g/mol. The molecule has 0 spiro atoms. The number of rotatable bonds is 4. The van der Waals surface area contributed by atoms with Gasteiger partial charge in [0.1, 0.15) is 5.82 Å². The maximum atomic E-state index is 13.3. The summed E-state index contributed by atoms with van der Waals surface area (Å²) in [6.45, 7) is 2.73. The highest BCUT2D eigenvalue weighted by Gasteiger charge is 2.25. The average Bonchev–Trinajstić information content (AvgIpc) is 2.90. The second-order valence-corrected chi connectivity index (χ2v) is 7.00. The van der Waals surface area contributed by atoms with Gasteiger partial charge in [-0.1, -0.05) is 18.2 Å². The van der Waals surface area contributed by atoms with Gasteiger partial charge in [0.25, 0.3) is 0 Å². The van der Waals surface area contributed by atoms with Gasteiger partial charge in [0, 0.05) is 30.6 Å². The molecule has 0 bridgehead atoms. The number of halogens is 1. The molecule has 1 aliphatic heterocycles. The van der Waals surface area contributed by atoms with Gasteiger partial charge in [-0.3, -0.25) is 4.90 Å². The summed E-state index contributed by atoms with van der Waals surface area (Å²) in [4.78, 5) is 3.79. The highest BCUT2D eigenvalue weighted by atomic mass is 32.1. The van der Waals surface area contributed by atoms with Gasteiger partial charge < -0.3 is 5.73 Å². The summed E-state index contributed by atoms with van der Waals surface area (Å²) in [5.41, 5.74) is 7.24. The molecule has 0 aliphatic carbocycles. The normalized spacial score (nSPS) is 23.3. The highest BCUT2D eigenvalue weighted by molar-refractivity contribution is 7.09. The summed E-state index contributed by atoms with van der Waals surface area (Å²) < 4.78 is 13.3. The van der Waals surface area contributed by atoms with E-state index >= 15 is 0 Å². The minimum atomic E-state index is -0.163. The summed E-state index contributed by atoms with van der Waals surface area (Å²) in [7, 11) is 0. The SMILES string of the molecule is NC1CC(Cc2cccs2)CN(Cc2cccc(F)c2)C1. The minimum absolute atomic E-state index is 0.163. The fourth-order valence-corrected chi connectivity index (χ4v) is 4.05. The largest absolute Gasteiger partial charge is 0.327 e. The molecule has 2 heterocycles. The summed E-state index contributed by atoms with van der Waals surface area (Å²) in [6, 6.07) is 11.4. The lowest BCUT2D eigenvalue weighted by molar-refractivity contribution is 0.149. The maximum absolute atomic E-state index is 13.3. The van der Waals surface area contributed by atoms with Gasteiger partial charge in [0.15, 0.2) is 0 Å². The first-order chi connectivity index (χ1) is 10.2. The molecule has 1 aliphatic rings. The van der Waals surface area contributed by atoms with Crippen molar-refractivity contribution in [2.75, 3.05) is 13.1 Å². The van der Waals surface area contributed by atoms with Crippen molar-refractivity contribution >= 4 is 11.3 Å². The molecule has 1 saturated heterocycles. The molecule has 21 heavy (non-hydrogen) atoms. The van der Waals surface area contributed by atoms with Crippen molar-refractivity contribution in [1.29, 1.82) is 0 Å². The third-order valence-corrected chi connectivity index (χ3v) is 4.91. The molecule has 2 atom stereocenters. The van der Waals surface area contributed by atoms with E-state index in [1.165, 1.54) is 10.9 Å². The van der Waals surface area contributed by atoms with Crippen molar-refractivity contribution in [2.24, 2.45) is 11.7 Å². The van der Waals surface area contributed by atoms with E-state index in [1.54, 1.807) is 12.1 Å². The minimum Gasteiger partial charge on any atom is -0.327 e. The van der Waals surface area contributed by atoms with Crippen LogP contribution >= 0.6 is 11.3 Å². The molecule has 0 saturated carbocycles. The second-order valence-electron chi connectivity index (χ2n) is 5.97. The Morgan fingerprint density at radius 3 is 2.90 bits per heavy atom. The van der Waals surface area contributed by atoms with Gasteiger partial charge >= 0.3 is 0 Å². The molecule has 2 aromatic rings. The number of hydrogen-bond acceptors (Lipinski definition) is 3. The van der Waals surface area contributed by atoms with Crippen molar-refractivity contribution in [3.63, 3.8) is 0 Å². The second kappa shape index (κ2) is 6.69. The molecule has 0 radical (unpaired) electrons. The third-order valence-electron chi connectivity index (χ3n) is 4.01. The topological polar surface area (TPSA) is 29.3 Å². The molecule has 2 unspecified atom stereocenters. The van der Waals surface area contributed by atoms with Gasteiger partial charge in [0.05, 0.1) is 0 Å². The van der Waals surface area contributed by atoms with Crippen LogP contribution in [0.5, 0.6) is 0 Å². The molecule has 2 nitrogen and oxygen atoms in total. The van der Waals surface area contributed by atoms with Crippen LogP contribution in [0.25, 0.3) is 0 Å². The van der Waals surface area contributed by atoms with Crippen LogP contribution in [0.4, 0.5) is 4.39 Å². The maximum Gasteiger partial charge on any atom is 0.123 e. The monoisotopic (exact) mass is 304 g/mol. The van der Waals surface area contributed by atoms with Crippen LogP contribution in [0.2, 0.25) is 0 Å². The van der Waals surface area contributed by atoms with E-state index in [-0.39, 0.29) is 11.9 Å². The predicted molar refractivity (Wildman–Crippen MR) is 85.8 cm³/mol. The molecule has 1 fully saturated rings. The lowest BCUT2D eigenvalue weighted by atomic mass is 9.91. The van der Waals surface area contributed by atoms with Crippen molar-refractivity contribution in [1.82, 2.24) is 4.90 Å². The Labute approximate surface area is 129 Å². The van der Waals surface area contributed by atoms with Crippen LogP contribution in [0.3, 0.4) is 0 Å². The van der Waals surface area contributed by atoms with Crippen molar-refractivity contribution in [3.8, 4) is 0 Å². The molecule has 4 heteroatoms. The summed E-state index contributed by atoms with van der Waals surface area (Å²) in [5, 5.41) is 2.13. The quantitative estimate of drug-likeness (QED) is 0.939. The molecule has 112 valence electrons. The van der Waals surface area contributed by atoms with Gasteiger partial charge in [-0.2, -0.15) is 0 Å². The third kappa shape index (κ3) is 4.13. The molecule has 1 aromatic carbocycles. The zero-order valence-corrected chi connectivity index (χ0v) is 12.9. The van der Waals surface area contributed by atoms with Gasteiger partial charge in [-0.05, 0) is 47.9 Å². The van der Waals surface area contributed by atoms with E-state index < -0.39 is 0 Å². The van der Waals surface area contributed by atoms with E-state index in [0.29, 0.717) is 5.92 Å². The first kappa shape index (κ1) is 14.7. The van der Waals surface area contributed by atoms with Crippen molar-refractivity contribution in [2.45, 2.75) is 25.4 Å². The van der Waals surface area contributed by atoms with E-state index in [0.717, 1.165) is 38.0 Å². The van der Waals surface area contributed by atoms with Crippen LogP contribution in [0, 0.1) is 11.7 Å². The standard InChI is InChI=1S/C17H21FN2S/c18-15-4-1-3-13(7-15)10-20-11-14(8-16(19)12-20)9-17-5-2-6-21-17/h1-7,14,16H,8-12,19H2. The fourth-order valence-electron chi connectivity index (χ4n) is 3.23. The van der Waals surface area contributed by atoms with Crippen LogP contribution in [0.15, 0.2) is 41.8 Å². The van der Waals surface area contributed by atoms with Crippen molar-refractivity contribution < 1.29 is 4.39 Å². The van der Waals surface area contributed by atoms with Crippen LogP contribution in [0.1, 0.15) is 16.9 Å². The van der Waals surface area contributed by atoms with Crippen LogP contribution < -0.4 is 5.73 Å². The lowest BCUT2D eigenvalue weighted by Gasteiger charge is -2.36. The average molecular weight is 304 g/mol. The molecule has 0 amide bonds. The molecule has 2 N–H and O–H groups in total. The Balaban J connectivity index is 1.62. The number of benzene rings is 1. The number of piperidine rings is 1. The van der Waals surface area contributed by atoms with Gasteiger partial charge in [0.2, 0.25) is 0 Å². The number of hydrogen-bond donors (Lipinski definition) is 1. The Bertz CT molecular complexity index is 570. The van der Waals surface area contributed by atoms with E-state index in [1.807, 2.05) is 17.4 Å². The molecule has 3 rings (SSSR count). The van der Waals surface area contributed by atoms with Gasteiger partial charge in [-0.25, -0.2) is 4.39 Å². The zero-order valence-electron chi connectivity index (χ0n) is 12.0. The first-order valence-electron chi connectivity index (χ1n) is 7.44. The summed E-state index contributed by atoms with van der Waals surface area (Å²) >= 11 is 1.82. The number of nitrogens with two attached hydrogens (primary N) is 1. The Morgan fingerprint density at radius 1 is 1.24 bits per heavy atom. The Morgan fingerprint density at radius 2 is 2.14 bits per heavy atom. The van der Waals surface area contributed by atoms with Crippen LogP contribution in [-0.2, 0) is 13.0 Å². The summed E-state index contributed by atoms with van der Waals surface area (Å²) in [5.74, 6) is 0.435. The summed E-state index contributed by atoms with van der Waals surface area (Å²) in [6.07, 6.45) is 2.18. The smallest absolute Gasteiger partial charge is 0.123 e. The van der Waals surface area contributed by atoms with Crippen LogP contribution in [-0.4, -0.2) is 24.0 Å². The Kier molecular flexibility index (Phi) is 4.68.